The predicted octanol–water partition coefficient (Wildman–Crippen LogP) is 1.04. The molecule has 0 spiro atoms. The van der Waals surface area contributed by atoms with E-state index in [1.165, 1.54) is 0 Å². The number of ether oxygens (including phenoxy) is 1. The Balaban J connectivity index is 1.80. The number of aromatic amines is 1. The number of nitrogens with one attached hydrogen (secondary N) is 1. The van der Waals surface area contributed by atoms with E-state index in [-0.39, 0.29) is 11.8 Å². The van der Waals surface area contributed by atoms with Crippen molar-refractivity contribution in [3.05, 3.63) is 35.7 Å². The Hall–Kier alpha value is -2.90. The lowest BCUT2D eigenvalue weighted by Crippen LogP contribution is -1.92. The third-order valence-corrected chi connectivity index (χ3v) is 2.67. The van der Waals surface area contributed by atoms with Crippen LogP contribution in [0.3, 0.4) is 0 Å². The summed E-state index contributed by atoms with van der Waals surface area (Å²) in [5, 5.41) is 10.2. The molecule has 0 aliphatic heterocycles. The summed E-state index contributed by atoms with van der Waals surface area (Å²) in [7, 11) is 1.62. The van der Waals surface area contributed by atoms with Crippen LogP contribution in [0.2, 0.25) is 0 Å². The number of nitrogens with zero attached hydrogens (tertiary/aromatic N) is 4. The molecule has 2 heterocycles. The molecule has 0 radical (unpaired) electrons. The molecular formula is C12H12N6O2. The Labute approximate surface area is 114 Å². The van der Waals surface area contributed by atoms with Gasteiger partial charge in [0.1, 0.15) is 5.75 Å². The molecule has 8 heteroatoms. The molecule has 3 aromatic rings. The van der Waals surface area contributed by atoms with Crippen LogP contribution in [0.4, 0.5) is 5.95 Å². The monoisotopic (exact) mass is 272 g/mol. The predicted molar refractivity (Wildman–Crippen MR) is 69.9 cm³/mol. The van der Waals surface area contributed by atoms with Crippen molar-refractivity contribution in [1.82, 2.24) is 25.3 Å². The highest BCUT2D eigenvalue weighted by molar-refractivity contribution is 5.41. The molecule has 0 bridgehead atoms. The molecule has 0 saturated heterocycles. The fourth-order valence-corrected chi connectivity index (χ4v) is 1.76. The first-order valence-corrected chi connectivity index (χ1v) is 5.88. The van der Waals surface area contributed by atoms with E-state index in [4.69, 9.17) is 15.0 Å². The summed E-state index contributed by atoms with van der Waals surface area (Å²) in [5.41, 5.74) is 6.44. The van der Waals surface area contributed by atoms with E-state index < -0.39 is 0 Å². The zero-order chi connectivity index (χ0) is 13.9. The van der Waals surface area contributed by atoms with Gasteiger partial charge in [-0.3, -0.25) is 5.10 Å². The number of rotatable bonds is 4. The van der Waals surface area contributed by atoms with Crippen LogP contribution in [-0.4, -0.2) is 32.4 Å². The standard InChI is InChI=1S/C12H12N6O2/c1-19-8-4-2-3-7(5-8)6-9-14-11(20-18-9)10-15-12(13)17-16-10/h2-5H,6H2,1H3,(H3,13,15,16,17). The minimum Gasteiger partial charge on any atom is -0.497 e. The van der Waals surface area contributed by atoms with Gasteiger partial charge in [0.2, 0.25) is 11.8 Å². The van der Waals surface area contributed by atoms with Crippen molar-refractivity contribution in [2.24, 2.45) is 0 Å². The van der Waals surface area contributed by atoms with Crippen LogP contribution in [-0.2, 0) is 6.42 Å². The fourth-order valence-electron chi connectivity index (χ4n) is 1.76. The summed E-state index contributed by atoms with van der Waals surface area (Å²) in [4.78, 5) is 8.16. The topological polar surface area (TPSA) is 116 Å². The Morgan fingerprint density at radius 3 is 3.00 bits per heavy atom. The van der Waals surface area contributed by atoms with Crippen molar-refractivity contribution in [2.45, 2.75) is 6.42 Å². The normalized spacial score (nSPS) is 10.7. The highest BCUT2D eigenvalue weighted by atomic mass is 16.5. The number of methoxy groups -OCH3 is 1. The van der Waals surface area contributed by atoms with Gasteiger partial charge in [0.05, 0.1) is 7.11 Å². The third-order valence-electron chi connectivity index (χ3n) is 2.67. The number of benzene rings is 1. The Bertz CT molecular complexity index is 720. The molecular weight excluding hydrogens is 260 g/mol. The van der Waals surface area contributed by atoms with E-state index in [1.807, 2.05) is 24.3 Å². The second-order valence-corrected chi connectivity index (χ2v) is 4.09. The minimum absolute atomic E-state index is 0.132. The average Bonchev–Trinajstić information content (AvgIpc) is 3.08. The van der Waals surface area contributed by atoms with Crippen molar-refractivity contribution in [3.8, 4) is 17.5 Å². The first-order chi connectivity index (χ1) is 9.74. The fraction of sp³-hybridized carbons (Fsp3) is 0.167. The van der Waals surface area contributed by atoms with E-state index in [9.17, 15) is 0 Å². The molecule has 0 unspecified atom stereocenters. The third kappa shape index (κ3) is 2.44. The summed E-state index contributed by atoms with van der Waals surface area (Å²) in [6.45, 7) is 0. The van der Waals surface area contributed by atoms with Crippen LogP contribution in [0.15, 0.2) is 28.8 Å². The molecule has 0 amide bonds. The number of nitrogen functional groups attached to an aromatic ring is 1. The van der Waals surface area contributed by atoms with E-state index >= 15 is 0 Å². The quantitative estimate of drug-likeness (QED) is 0.728. The van der Waals surface area contributed by atoms with Gasteiger partial charge in [-0.25, -0.2) is 0 Å². The van der Waals surface area contributed by atoms with E-state index in [0.29, 0.717) is 18.1 Å². The zero-order valence-electron chi connectivity index (χ0n) is 10.7. The van der Waals surface area contributed by atoms with Crippen molar-refractivity contribution >= 4 is 5.95 Å². The molecule has 102 valence electrons. The lowest BCUT2D eigenvalue weighted by Gasteiger charge is -2.01. The molecule has 1 aromatic carbocycles. The smallest absolute Gasteiger partial charge is 0.295 e. The van der Waals surface area contributed by atoms with Crippen molar-refractivity contribution in [1.29, 1.82) is 0 Å². The van der Waals surface area contributed by atoms with Crippen molar-refractivity contribution < 1.29 is 9.26 Å². The molecule has 0 aliphatic rings. The maximum atomic E-state index is 5.42. The number of anilines is 1. The number of H-pyrrole nitrogens is 1. The lowest BCUT2D eigenvalue weighted by atomic mass is 10.1. The van der Waals surface area contributed by atoms with Gasteiger partial charge in [-0.15, -0.1) is 5.10 Å². The van der Waals surface area contributed by atoms with Crippen LogP contribution >= 0.6 is 0 Å². The van der Waals surface area contributed by atoms with Crippen LogP contribution in [0.1, 0.15) is 11.4 Å². The molecule has 20 heavy (non-hydrogen) atoms. The van der Waals surface area contributed by atoms with Gasteiger partial charge in [-0.05, 0) is 17.7 Å². The van der Waals surface area contributed by atoms with Gasteiger partial charge >= 0.3 is 0 Å². The zero-order valence-corrected chi connectivity index (χ0v) is 10.7. The van der Waals surface area contributed by atoms with Gasteiger partial charge < -0.3 is 15.0 Å². The van der Waals surface area contributed by atoms with E-state index in [0.717, 1.165) is 11.3 Å². The summed E-state index contributed by atoms with van der Waals surface area (Å²) < 4.78 is 10.3. The molecule has 8 nitrogen and oxygen atoms in total. The minimum atomic E-state index is 0.132. The van der Waals surface area contributed by atoms with E-state index in [1.54, 1.807) is 7.11 Å². The highest BCUT2D eigenvalue weighted by Crippen LogP contribution is 2.17. The number of nitrogens with two attached hydrogens (primary N) is 1. The van der Waals surface area contributed by atoms with Crippen LogP contribution in [0.25, 0.3) is 11.7 Å². The molecule has 3 N–H and O–H groups in total. The van der Waals surface area contributed by atoms with Gasteiger partial charge in [0.25, 0.3) is 5.89 Å². The molecule has 0 fully saturated rings. The Kier molecular flexibility index (Phi) is 3.04. The maximum Gasteiger partial charge on any atom is 0.295 e. The lowest BCUT2D eigenvalue weighted by molar-refractivity contribution is 0.413. The van der Waals surface area contributed by atoms with Crippen molar-refractivity contribution in [3.63, 3.8) is 0 Å². The molecule has 0 atom stereocenters. The Morgan fingerprint density at radius 2 is 2.25 bits per heavy atom. The second kappa shape index (κ2) is 5.00. The first-order valence-electron chi connectivity index (χ1n) is 5.88. The summed E-state index contributed by atoms with van der Waals surface area (Å²) in [6, 6.07) is 7.67. The summed E-state index contributed by atoms with van der Waals surface area (Å²) in [5.74, 6) is 2.07. The summed E-state index contributed by atoms with van der Waals surface area (Å²) >= 11 is 0. The number of hydrogen-bond acceptors (Lipinski definition) is 7. The molecule has 0 aliphatic carbocycles. The molecule has 0 saturated carbocycles. The SMILES string of the molecule is COc1cccc(Cc2noc(-c3nc(N)n[nH]3)n2)c1. The average molecular weight is 272 g/mol. The Morgan fingerprint density at radius 1 is 1.35 bits per heavy atom. The van der Waals surface area contributed by atoms with Gasteiger partial charge in [0, 0.05) is 6.42 Å². The largest absolute Gasteiger partial charge is 0.497 e. The first kappa shape index (κ1) is 12.2. The van der Waals surface area contributed by atoms with Gasteiger partial charge in [0.15, 0.2) is 5.82 Å². The number of aromatic nitrogens is 5. The van der Waals surface area contributed by atoms with Crippen LogP contribution in [0, 0.1) is 0 Å². The van der Waals surface area contributed by atoms with Crippen LogP contribution < -0.4 is 10.5 Å². The molecule has 3 rings (SSSR count). The van der Waals surface area contributed by atoms with Crippen LogP contribution in [0.5, 0.6) is 5.75 Å². The number of hydrogen-bond donors (Lipinski definition) is 2. The van der Waals surface area contributed by atoms with E-state index in [2.05, 4.69) is 25.3 Å². The maximum absolute atomic E-state index is 5.42. The molecule has 2 aromatic heterocycles. The highest BCUT2D eigenvalue weighted by Gasteiger charge is 2.13. The van der Waals surface area contributed by atoms with Crippen molar-refractivity contribution in [2.75, 3.05) is 12.8 Å². The van der Waals surface area contributed by atoms with Gasteiger partial charge in [-0.2, -0.15) is 9.97 Å². The summed E-state index contributed by atoms with van der Waals surface area (Å²) in [6.07, 6.45) is 0.532. The van der Waals surface area contributed by atoms with Gasteiger partial charge in [-0.1, -0.05) is 17.3 Å². The second-order valence-electron chi connectivity index (χ2n) is 4.09.